The van der Waals surface area contributed by atoms with Crippen molar-refractivity contribution in [2.45, 2.75) is 6.92 Å². The molecule has 2 N–H and O–H groups in total. The molecular weight excluding hydrogens is 333 g/mol. The van der Waals surface area contributed by atoms with E-state index in [1.165, 1.54) is 25.1 Å². The molecule has 0 saturated heterocycles. The van der Waals surface area contributed by atoms with Gasteiger partial charge in [-0.15, -0.1) is 0 Å². The Morgan fingerprint density at radius 3 is 2.62 bits per heavy atom. The topological polar surface area (TPSA) is 74.8 Å². The van der Waals surface area contributed by atoms with Crippen LogP contribution in [-0.2, 0) is 0 Å². The van der Waals surface area contributed by atoms with Crippen molar-refractivity contribution >= 4 is 39.2 Å². The van der Waals surface area contributed by atoms with Crippen LogP contribution in [0.15, 0.2) is 54.6 Å². The van der Waals surface area contributed by atoms with Crippen LogP contribution in [0.25, 0.3) is 21.8 Å². The predicted octanol–water partition coefficient (Wildman–Crippen LogP) is 4.31. The molecule has 1 amide bonds. The minimum atomic E-state index is -0.509. The number of fused-ring (bicyclic) bond motifs is 3. The first-order chi connectivity index (χ1) is 12.5. The molecule has 0 saturated carbocycles. The highest BCUT2D eigenvalue weighted by Crippen LogP contribution is 2.28. The number of nitrogens with zero attached hydrogens (tertiary/aromatic N) is 1. The molecule has 0 bridgehead atoms. The van der Waals surface area contributed by atoms with Gasteiger partial charge < -0.3 is 10.3 Å². The van der Waals surface area contributed by atoms with E-state index in [4.69, 9.17) is 0 Å². The monoisotopic (exact) mass is 347 g/mol. The van der Waals surface area contributed by atoms with E-state index in [0.29, 0.717) is 11.2 Å². The van der Waals surface area contributed by atoms with Crippen LogP contribution in [0.3, 0.4) is 0 Å². The third kappa shape index (κ3) is 2.71. The fraction of sp³-hybridized carbons (Fsp3) is 0.0500. The maximum Gasteiger partial charge on any atom is 0.274 e. The number of nitrogens with one attached hydrogen (secondary N) is 2. The van der Waals surface area contributed by atoms with Gasteiger partial charge in [0.25, 0.3) is 5.91 Å². The van der Waals surface area contributed by atoms with Gasteiger partial charge in [-0.25, -0.2) is 9.37 Å². The van der Waals surface area contributed by atoms with Gasteiger partial charge in [-0.05, 0) is 30.3 Å². The number of pyridine rings is 1. The van der Waals surface area contributed by atoms with Gasteiger partial charge >= 0.3 is 0 Å². The Bertz CT molecular complexity index is 1180. The van der Waals surface area contributed by atoms with E-state index >= 15 is 0 Å². The van der Waals surface area contributed by atoms with Crippen molar-refractivity contribution in [2.75, 3.05) is 5.32 Å². The number of aromatic nitrogens is 2. The van der Waals surface area contributed by atoms with Gasteiger partial charge in [0.2, 0.25) is 0 Å². The second-order valence-corrected chi connectivity index (χ2v) is 5.97. The van der Waals surface area contributed by atoms with Gasteiger partial charge in [0.15, 0.2) is 5.78 Å². The number of carbonyl (C=O) groups is 2. The minimum Gasteiger partial charge on any atom is -0.353 e. The Labute approximate surface area is 147 Å². The first kappa shape index (κ1) is 16.0. The van der Waals surface area contributed by atoms with Crippen molar-refractivity contribution in [2.24, 2.45) is 0 Å². The lowest BCUT2D eigenvalue weighted by molar-refractivity contribution is 0.101. The number of anilines is 1. The lowest BCUT2D eigenvalue weighted by Gasteiger charge is -2.07. The standard InChI is InChI=1S/C20H14FN3O2/c1-11(25)18-19-15(14-7-2-3-8-16(14)23-19)10-17(24-18)20(26)22-13-6-4-5-12(21)9-13/h2-10,23H,1H3,(H,22,26). The molecule has 0 aliphatic carbocycles. The van der Waals surface area contributed by atoms with Crippen LogP contribution in [0.2, 0.25) is 0 Å². The zero-order chi connectivity index (χ0) is 18.3. The molecule has 2 heterocycles. The fourth-order valence-electron chi connectivity index (χ4n) is 2.98. The number of ketones is 1. The summed E-state index contributed by atoms with van der Waals surface area (Å²) in [6.07, 6.45) is 0. The van der Waals surface area contributed by atoms with Crippen molar-refractivity contribution in [3.8, 4) is 0 Å². The van der Waals surface area contributed by atoms with E-state index in [-0.39, 0.29) is 17.2 Å². The second kappa shape index (κ2) is 6.07. The highest BCUT2D eigenvalue weighted by molar-refractivity contribution is 6.16. The summed E-state index contributed by atoms with van der Waals surface area (Å²) < 4.78 is 13.3. The van der Waals surface area contributed by atoms with E-state index in [9.17, 15) is 14.0 Å². The molecule has 0 unspecified atom stereocenters. The molecule has 5 nitrogen and oxygen atoms in total. The van der Waals surface area contributed by atoms with Crippen molar-refractivity contribution in [3.05, 3.63) is 71.8 Å². The maximum atomic E-state index is 13.3. The highest BCUT2D eigenvalue weighted by atomic mass is 19.1. The molecule has 0 aliphatic rings. The van der Waals surface area contributed by atoms with Crippen LogP contribution < -0.4 is 5.32 Å². The van der Waals surface area contributed by atoms with E-state index in [0.717, 1.165) is 16.3 Å². The molecule has 2 aromatic carbocycles. The van der Waals surface area contributed by atoms with Gasteiger partial charge in [-0.3, -0.25) is 9.59 Å². The molecule has 2 aromatic heterocycles. The average Bonchev–Trinajstić information content (AvgIpc) is 2.99. The Kier molecular flexibility index (Phi) is 3.73. The number of para-hydroxylation sites is 1. The summed E-state index contributed by atoms with van der Waals surface area (Å²) >= 11 is 0. The number of amides is 1. The number of hydrogen-bond acceptors (Lipinski definition) is 3. The van der Waals surface area contributed by atoms with Gasteiger partial charge in [-0.2, -0.15) is 0 Å². The number of halogens is 1. The Balaban J connectivity index is 1.85. The summed E-state index contributed by atoms with van der Waals surface area (Å²) in [4.78, 5) is 32.0. The first-order valence-electron chi connectivity index (χ1n) is 8.02. The van der Waals surface area contributed by atoms with Crippen molar-refractivity contribution < 1.29 is 14.0 Å². The van der Waals surface area contributed by atoms with Crippen LogP contribution in [0.4, 0.5) is 10.1 Å². The van der Waals surface area contributed by atoms with E-state index in [2.05, 4.69) is 15.3 Å². The SMILES string of the molecule is CC(=O)c1nc(C(=O)Nc2cccc(F)c2)cc2c1[nH]c1ccccc12. The molecule has 26 heavy (non-hydrogen) atoms. The van der Waals surface area contributed by atoms with Crippen LogP contribution in [0.5, 0.6) is 0 Å². The zero-order valence-corrected chi connectivity index (χ0v) is 13.8. The van der Waals surface area contributed by atoms with Crippen LogP contribution in [0, 0.1) is 5.82 Å². The number of Topliss-reactive ketones (excluding diaryl/α,β-unsaturated/α-hetero) is 1. The molecule has 0 atom stereocenters. The largest absolute Gasteiger partial charge is 0.353 e. The van der Waals surface area contributed by atoms with Gasteiger partial charge in [0, 0.05) is 28.9 Å². The predicted molar refractivity (Wildman–Crippen MR) is 98.0 cm³/mol. The minimum absolute atomic E-state index is 0.0942. The number of rotatable bonds is 3. The van der Waals surface area contributed by atoms with Crippen LogP contribution in [-0.4, -0.2) is 21.7 Å². The molecule has 0 spiro atoms. The number of aromatic amines is 1. The molecule has 0 radical (unpaired) electrons. The molecule has 4 rings (SSSR count). The zero-order valence-electron chi connectivity index (χ0n) is 13.8. The molecule has 128 valence electrons. The maximum absolute atomic E-state index is 13.3. The second-order valence-electron chi connectivity index (χ2n) is 5.97. The molecule has 0 fully saturated rings. The lowest BCUT2D eigenvalue weighted by Crippen LogP contribution is -2.15. The molecule has 0 aliphatic heterocycles. The van der Waals surface area contributed by atoms with Crippen LogP contribution >= 0.6 is 0 Å². The Morgan fingerprint density at radius 1 is 1.04 bits per heavy atom. The highest BCUT2D eigenvalue weighted by Gasteiger charge is 2.18. The molecular formula is C20H14FN3O2. The average molecular weight is 347 g/mol. The van der Waals surface area contributed by atoms with Crippen molar-refractivity contribution in [3.63, 3.8) is 0 Å². The number of carbonyl (C=O) groups excluding carboxylic acids is 2. The van der Waals surface area contributed by atoms with Gasteiger partial charge in [0.1, 0.15) is 17.2 Å². The summed E-state index contributed by atoms with van der Waals surface area (Å²) in [7, 11) is 0. The summed E-state index contributed by atoms with van der Waals surface area (Å²) in [5, 5.41) is 4.24. The normalized spacial score (nSPS) is 11.0. The summed E-state index contributed by atoms with van der Waals surface area (Å²) in [5.74, 6) is -1.21. The number of H-pyrrole nitrogens is 1. The summed E-state index contributed by atoms with van der Waals surface area (Å²) in [6.45, 7) is 1.40. The fourth-order valence-corrected chi connectivity index (χ4v) is 2.98. The molecule has 6 heteroatoms. The third-order valence-corrected chi connectivity index (χ3v) is 4.14. The van der Waals surface area contributed by atoms with Gasteiger partial charge in [-0.1, -0.05) is 24.3 Å². The van der Waals surface area contributed by atoms with Crippen molar-refractivity contribution in [1.82, 2.24) is 9.97 Å². The third-order valence-electron chi connectivity index (χ3n) is 4.14. The van der Waals surface area contributed by atoms with E-state index in [1.807, 2.05) is 24.3 Å². The summed E-state index contributed by atoms with van der Waals surface area (Å²) in [5.41, 5.74) is 2.07. The quantitative estimate of drug-likeness (QED) is 0.542. The lowest BCUT2D eigenvalue weighted by atomic mass is 10.1. The Hall–Kier alpha value is -3.54. The van der Waals surface area contributed by atoms with Crippen molar-refractivity contribution in [1.29, 1.82) is 0 Å². The van der Waals surface area contributed by atoms with Gasteiger partial charge in [0.05, 0.1) is 5.52 Å². The number of hydrogen-bond donors (Lipinski definition) is 2. The van der Waals surface area contributed by atoms with E-state index < -0.39 is 11.7 Å². The van der Waals surface area contributed by atoms with E-state index in [1.54, 1.807) is 12.1 Å². The smallest absolute Gasteiger partial charge is 0.274 e. The Morgan fingerprint density at radius 2 is 1.85 bits per heavy atom. The summed E-state index contributed by atoms with van der Waals surface area (Å²) in [6, 6.07) is 14.8. The van der Waals surface area contributed by atoms with Crippen LogP contribution in [0.1, 0.15) is 27.9 Å². The number of benzene rings is 2. The molecule has 4 aromatic rings. The first-order valence-corrected chi connectivity index (χ1v) is 8.02.